The first-order chi connectivity index (χ1) is 15.8. The van der Waals surface area contributed by atoms with Crippen molar-refractivity contribution in [3.05, 3.63) is 53.6 Å². The third kappa shape index (κ3) is 4.82. The number of aryl methyl sites for hydroxylation is 2. The molecule has 0 unspecified atom stereocenters. The van der Waals surface area contributed by atoms with Crippen LogP contribution < -0.4 is 10.2 Å². The van der Waals surface area contributed by atoms with Crippen molar-refractivity contribution < 1.29 is 18.0 Å². The molecule has 0 spiro atoms. The van der Waals surface area contributed by atoms with Gasteiger partial charge >= 0.3 is 0 Å². The van der Waals surface area contributed by atoms with Crippen molar-refractivity contribution in [3.63, 3.8) is 0 Å². The predicted octanol–water partition coefficient (Wildman–Crippen LogP) is 3.59. The average molecular weight is 470 g/mol. The Morgan fingerprint density at radius 1 is 1.06 bits per heavy atom. The summed E-state index contributed by atoms with van der Waals surface area (Å²) in [5, 5.41) is 3.02. The summed E-state index contributed by atoms with van der Waals surface area (Å²) in [5.74, 6) is -0.298. The second kappa shape index (κ2) is 9.65. The maximum Gasteiger partial charge on any atom is 0.243 e. The molecule has 2 amide bonds. The minimum atomic E-state index is -3.65. The van der Waals surface area contributed by atoms with E-state index < -0.39 is 10.0 Å². The van der Waals surface area contributed by atoms with Gasteiger partial charge < -0.3 is 10.2 Å². The summed E-state index contributed by atoms with van der Waals surface area (Å²) in [6.45, 7) is 4.86. The lowest BCUT2D eigenvalue weighted by Gasteiger charge is -2.32. The zero-order valence-corrected chi connectivity index (χ0v) is 20.0. The van der Waals surface area contributed by atoms with E-state index in [1.807, 2.05) is 31.2 Å². The van der Waals surface area contributed by atoms with Crippen molar-refractivity contribution in [1.82, 2.24) is 4.31 Å². The molecule has 1 saturated heterocycles. The highest BCUT2D eigenvalue weighted by Gasteiger charge is 2.33. The van der Waals surface area contributed by atoms with Gasteiger partial charge in [0.1, 0.15) is 0 Å². The minimum Gasteiger partial charge on any atom is -0.326 e. The number of nitrogens with one attached hydrogen (secondary N) is 1. The number of carbonyl (C=O) groups excluding carboxylic acids is 2. The van der Waals surface area contributed by atoms with Gasteiger partial charge in [-0.1, -0.05) is 25.1 Å². The zero-order valence-electron chi connectivity index (χ0n) is 19.2. The van der Waals surface area contributed by atoms with Crippen LogP contribution in [0.2, 0.25) is 0 Å². The average Bonchev–Trinajstić information content (AvgIpc) is 2.83. The summed E-state index contributed by atoms with van der Waals surface area (Å²) in [5.41, 5.74) is 3.60. The van der Waals surface area contributed by atoms with Gasteiger partial charge in [0.25, 0.3) is 0 Å². The van der Waals surface area contributed by atoms with Crippen LogP contribution in [-0.4, -0.2) is 44.2 Å². The SMILES string of the molecule is CCc1ccccc1NC(=O)C1CCN(S(=O)(=O)c2ccc3c(c2)CCCN3C(C)=O)CC1. The lowest BCUT2D eigenvalue weighted by atomic mass is 9.97. The van der Waals surface area contributed by atoms with E-state index in [-0.39, 0.29) is 22.6 Å². The highest BCUT2D eigenvalue weighted by molar-refractivity contribution is 7.89. The van der Waals surface area contributed by atoms with E-state index in [0.29, 0.717) is 32.5 Å². The summed E-state index contributed by atoms with van der Waals surface area (Å²) < 4.78 is 28.0. The standard InChI is InChI=1S/C25H31N3O4S/c1-3-19-7-4-5-9-23(19)26-25(30)20-12-15-27(16-13-20)33(31,32)22-10-11-24-21(17-22)8-6-14-28(24)18(2)29/h4-5,7,9-11,17,20H,3,6,8,12-16H2,1-2H3,(H,26,30). The van der Waals surface area contributed by atoms with Gasteiger partial charge in [0.15, 0.2) is 0 Å². The van der Waals surface area contributed by atoms with Gasteiger partial charge in [-0.3, -0.25) is 9.59 Å². The van der Waals surface area contributed by atoms with Crippen LogP contribution in [-0.2, 0) is 32.5 Å². The van der Waals surface area contributed by atoms with Crippen molar-refractivity contribution in [3.8, 4) is 0 Å². The van der Waals surface area contributed by atoms with E-state index in [2.05, 4.69) is 5.32 Å². The number of sulfonamides is 1. The van der Waals surface area contributed by atoms with Crippen LogP contribution in [0.5, 0.6) is 0 Å². The van der Waals surface area contributed by atoms with Gasteiger partial charge in [-0.25, -0.2) is 8.42 Å². The molecule has 33 heavy (non-hydrogen) atoms. The molecule has 2 aliphatic heterocycles. The van der Waals surface area contributed by atoms with Gasteiger partial charge in [-0.05, 0) is 67.5 Å². The number of benzene rings is 2. The number of fused-ring (bicyclic) bond motifs is 1. The molecule has 2 aromatic rings. The van der Waals surface area contributed by atoms with Crippen LogP contribution in [0, 0.1) is 5.92 Å². The molecule has 0 saturated carbocycles. The minimum absolute atomic E-state index is 0.0338. The van der Waals surface area contributed by atoms with E-state index in [1.165, 1.54) is 11.2 Å². The number of rotatable bonds is 5. The lowest BCUT2D eigenvalue weighted by Crippen LogP contribution is -2.41. The topological polar surface area (TPSA) is 86.8 Å². The summed E-state index contributed by atoms with van der Waals surface area (Å²) in [4.78, 5) is 26.7. The van der Waals surface area contributed by atoms with Gasteiger partial charge in [0, 0.05) is 43.9 Å². The Morgan fingerprint density at radius 3 is 2.48 bits per heavy atom. The third-order valence-electron chi connectivity index (χ3n) is 6.67. The number of amides is 2. The molecule has 2 aliphatic rings. The molecule has 0 radical (unpaired) electrons. The Balaban J connectivity index is 1.43. The maximum absolute atomic E-state index is 13.3. The molecular formula is C25H31N3O4S. The first-order valence-corrected chi connectivity index (χ1v) is 13.0. The Labute approximate surface area is 195 Å². The Hall–Kier alpha value is -2.71. The smallest absolute Gasteiger partial charge is 0.243 e. The molecule has 2 aromatic carbocycles. The molecule has 2 heterocycles. The van der Waals surface area contributed by atoms with E-state index in [0.717, 1.165) is 41.8 Å². The fraction of sp³-hybridized carbons (Fsp3) is 0.440. The molecule has 176 valence electrons. The van der Waals surface area contributed by atoms with Crippen LogP contribution in [0.3, 0.4) is 0 Å². The Kier molecular flexibility index (Phi) is 6.86. The second-order valence-corrected chi connectivity index (χ2v) is 10.7. The molecule has 0 aromatic heterocycles. The quantitative estimate of drug-likeness (QED) is 0.725. The van der Waals surface area contributed by atoms with E-state index in [9.17, 15) is 18.0 Å². The molecule has 8 heteroatoms. The van der Waals surface area contributed by atoms with Crippen LogP contribution in [0.15, 0.2) is 47.4 Å². The van der Waals surface area contributed by atoms with Gasteiger partial charge in [0.2, 0.25) is 21.8 Å². The van der Waals surface area contributed by atoms with Crippen LogP contribution in [0.1, 0.15) is 44.2 Å². The normalized spacial score (nSPS) is 17.5. The molecule has 0 aliphatic carbocycles. The van der Waals surface area contributed by atoms with E-state index >= 15 is 0 Å². The summed E-state index contributed by atoms with van der Waals surface area (Å²) in [6, 6.07) is 12.8. The van der Waals surface area contributed by atoms with Crippen LogP contribution in [0.4, 0.5) is 11.4 Å². The Morgan fingerprint density at radius 2 is 1.79 bits per heavy atom. The van der Waals surface area contributed by atoms with Crippen molar-refractivity contribution in [1.29, 1.82) is 0 Å². The molecule has 0 bridgehead atoms. The zero-order chi connectivity index (χ0) is 23.6. The summed E-state index contributed by atoms with van der Waals surface area (Å²) in [6.07, 6.45) is 3.38. The van der Waals surface area contributed by atoms with Crippen molar-refractivity contribution >= 4 is 33.2 Å². The second-order valence-electron chi connectivity index (χ2n) is 8.74. The van der Waals surface area contributed by atoms with Gasteiger partial charge in [-0.15, -0.1) is 0 Å². The largest absolute Gasteiger partial charge is 0.326 e. The highest BCUT2D eigenvalue weighted by atomic mass is 32.2. The number of para-hydroxylation sites is 1. The molecule has 1 fully saturated rings. The predicted molar refractivity (Wildman–Crippen MR) is 129 cm³/mol. The molecule has 7 nitrogen and oxygen atoms in total. The van der Waals surface area contributed by atoms with Crippen molar-refractivity contribution in [2.24, 2.45) is 5.92 Å². The summed E-state index contributed by atoms with van der Waals surface area (Å²) >= 11 is 0. The van der Waals surface area contributed by atoms with Crippen LogP contribution in [0.25, 0.3) is 0 Å². The molecular weight excluding hydrogens is 438 g/mol. The van der Waals surface area contributed by atoms with Crippen LogP contribution >= 0.6 is 0 Å². The van der Waals surface area contributed by atoms with Crippen molar-refractivity contribution in [2.45, 2.75) is 50.8 Å². The number of hydrogen-bond acceptors (Lipinski definition) is 4. The maximum atomic E-state index is 13.3. The molecule has 0 atom stereocenters. The molecule has 1 N–H and O–H groups in total. The fourth-order valence-corrected chi connectivity index (χ4v) is 6.27. The number of piperidine rings is 1. The molecule has 4 rings (SSSR count). The number of anilines is 2. The van der Waals surface area contributed by atoms with Gasteiger partial charge in [-0.2, -0.15) is 4.31 Å². The van der Waals surface area contributed by atoms with E-state index in [4.69, 9.17) is 0 Å². The fourth-order valence-electron chi connectivity index (χ4n) is 4.75. The van der Waals surface area contributed by atoms with E-state index in [1.54, 1.807) is 23.1 Å². The first-order valence-electron chi connectivity index (χ1n) is 11.6. The number of hydrogen-bond donors (Lipinski definition) is 1. The summed E-state index contributed by atoms with van der Waals surface area (Å²) in [7, 11) is -3.65. The van der Waals surface area contributed by atoms with Crippen molar-refractivity contribution in [2.75, 3.05) is 29.9 Å². The van der Waals surface area contributed by atoms with Gasteiger partial charge in [0.05, 0.1) is 4.90 Å². The third-order valence-corrected chi connectivity index (χ3v) is 8.56. The number of nitrogens with zero attached hydrogens (tertiary/aromatic N) is 2. The highest BCUT2D eigenvalue weighted by Crippen LogP contribution is 2.32. The first kappa shape index (κ1) is 23.4. The monoisotopic (exact) mass is 469 g/mol. The lowest BCUT2D eigenvalue weighted by molar-refractivity contribution is -0.121. The number of carbonyl (C=O) groups is 2. The Bertz CT molecular complexity index is 1150.